The van der Waals surface area contributed by atoms with Crippen LogP contribution in [0.2, 0.25) is 0 Å². The van der Waals surface area contributed by atoms with Crippen LogP contribution in [0.4, 0.5) is 13.2 Å². The molecule has 0 unspecified atom stereocenters. The van der Waals surface area contributed by atoms with Crippen LogP contribution in [0.1, 0.15) is 75.6 Å². The first-order chi connectivity index (χ1) is 26.2. The molecule has 0 saturated carbocycles. The Morgan fingerprint density at radius 1 is 0.964 bits per heavy atom. The quantitative estimate of drug-likeness (QED) is 0.271. The Morgan fingerprint density at radius 3 is 2.29 bits per heavy atom. The number of carbonyl (C=O) groups excluding carboxylic acids is 3. The molecule has 0 atom stereocenters. The second-order valence-corrected chi connectivity index (χ2v) is 18.1. The highest BCUT2D eigenvalue weighted by atomic mass is 32.2. The van der Waals surface area contributed by atoms with Gasteiger partial charge in [-0.2, -0.15) is 22.6 Å². The topological polar surface area (TPSA) is 119 Å². The van der Waals surface area contributed by atoms with Crippen LogP contribution in [0.3, 0.4) is 0 Å². The Labute approximate surface area is 326 Å². The molecule has 3 amide bonds. The van der Waals surface area contributed by atoms with Gasteiger partial charge in [0.1, 0.15) is 0 Å². The van der Waals surface area contributed by atoms with Crippen LogP contribution < -0.4 is 0 Å². The van der Waals surface area contributed by atoms with E-state index in [-0.39, 0.29) is 47.4 Å². The number of rotatable bonds is 13. The minimum absolute atomic E-state index is 0.0704. The van der Waals surface area contributed by atoms with Crippen molar-refractivity contribution in [3.63, 3.8) is 0 Å². The molecule has 17 heteroatoms. The van der Waals surface area contributed by atoms with Crippen molar-refractivity contribution in [2.24, 2.45) is 5.92 Å². The van der Waals surface area contributed by atoms with Gasteiger partial charge >= 0.3 is 6.18 Å². The standard InChI is InChI=1S/C38H54F3N7O5S2/c1-4-44(5-2)37(51)27-11-21-45(22-12-27)35(50)26-54-33-24-28(9-10-31(33)38(39,40)41)36-30-25-46(55(3,52)53)23-15-32(30)48(42-36)18-7-16-43-19-13-29(14-20-43)47-17-6-8-34(47)49/h9-10,24,27,29H,4-8,11-23,25-26H2,1-3H3. The van der Waals surface area contributed by atoms with Crippen LogP contribution in [0.15, 0.2) is 23.1 Å². The molecule has 1 aromatic heterocycles. The number of halogens is 3. The lowest BCUT2D eigenvalue weighted by Crippen LogP contribution is -2.45. The summed E-state index contributed by atoms with van der Waals surface area (Å²) in [6.45, 7) is 10.3. The van der Waals surface area contributed by atoms with E-state index in [9.17, 15) is 36.0 Å². The lowest BCUT2D eigenvalue weighted by atomic mass is 9.95. The SMILES string of the molecule is CCN(CC)C(=O)C1CCN(C(=O)CSc2cc(-c3nn(CCCN4CCC(N5CCCC5=O)CC4)c4c3CN(S(C)(=O)=O)CC4)ccc2C(F)(F)F)CC1. The summed E-state index contributed by atoms with van der Waals surface area (Å²) >= 11 is 0.836. The van der Waals surface area contributed by atoms with Crippen molar-refractivity contribution in [1.82, 2.24) is 33.7 Å². The summed E-state index contributed by atoms with van der Waals surface area (Å²) in [5.41, 5.74) is 1.60. The van der Waals surface area contributed by atoms with Crippen molar-refractivity contribution in [3.8, 4) is 11.3 Å². The van der Waals surface area contributed by atoms with E-state index in [0.717, 1.165) is 81.6 Å². The Balaban J connectivity index is 1.16. The van der Waals surface area contributed by atoms with Gasteiger partial charge in [0.2, 0.25) is 27.7 Å². The molecule has 12 nitrogen and oxygen atoms in total. The first-order valence-electron chi connectivity index (χ1n) is 19.6. The molecule has 0 bridgehead atoms. The van der Waals surface area contributed by atoms with Gasteiger partial charge in [0.15, 0.2) is 0 Å². The van der Waals surface area contributed by atoms with E-state index in [4.69, 9.17) is 5.10 Å². The fourth-order valence-corrected chi connectivity index (χ4v) is 10.3. The van der Waals surface area contributed by atoms with Gasteiger partial charge in [0.25, 0.3) is 0 Å². The minimum atomic E-state index is -4.66. The van der Waals surface area contributed by atoms with Gasteiger partial charge in [-0.1, -0.05) is 6.07 Å². The maximum Gasteiger partial charge on any atom is 0.417 e. The summed E-state index contributed by atoms with van der Waals surface area (Å²) in [6, 6.07) is 4.14. The van der Waals surface area contributed by atoms with Crippen LogP contribution in [0.5, 0.6) is 0 Å². The number of nitrogens with zero attached hydrogens (tertiary/aromatic N) is 7. The molecule has 0 N–H and O–H groups in total. The molecule has 6 rings (SSSR count). The first-order valence-corrected chi connectivity index (χ1v) is 22.5. The van der Waals surface area contributed by atoms with Gasteiger partial charge in [0.05, 0.1) is 23.3 Å². The van der Waals surface area contributed by atoms with Crippen molar-refractivity contribution >= 4 is 39.5 Å². The Bertz CT molecular complexity index is 1820. The molecule has 0 spiro atoms. The molecule has 4 aliphatic rings. The summed E-state index contributed by atoms with van der Waals surface area (Å²) in [5, 5.41) is 4.92. The molecular formula is C38H54F3N7O5S2. The molecule has 5 heterocycles. The van der Waals surface area contributed by atoms with Crippen LogP contribution in [-0.4, -0.2) is 137 Å². The molecule has 304 valence electrons. The number of sulfonamides is 1. The predicted molar refractivity (Wildman–Crippen MR) is 205 cm³/mol. The number of aromatic nitrogens is 2. The number of amides is 3. The third-order valence-corrected chi connectivity index (χ3v) is 14.0. The Kier molecular flexibility index (Phi) is 13.2. The maximum absolute atomic E-state index is 14.3. The fourth-order valence-electron chi connectivity index (χ4n) is 8.54. The zero-order chi connectivity index (χ0) is 39.5. The second kappa shape index (κ2) is 17.6. The summed E-state index contributed by atoms with van der Waals surface area (Å²) in [5.74, 6) is -0.302. The van der Waals surface area contributed by atoms with Crippen LogP contribution in [-0.2, 0) is 50.1 Å². The number of piperidine rings is 2. The summed E-state index contributed by atoms with van der Waals surface area (Å²) in [4.78, 5) is 46.1. The molecule has 1 aromatic carbocycles. The smallest absolute Gasteiger partial charge is 0.343 e. The van der Waals surface area contributed by atoms with Crippen molar-refractivity contribution in [3.05, 3.63) is 35.0 Å². The maximum atomic E-state index is 14.3. The third-order valence-electron chi connectivity index (χ3n) is 11.7. The van der Waals surface area contributed by atoms with Gasteiger partial charge in [-0.3, -0.25) is 19.1 Å². The second-order valence-electron chi connectivity index (χ2n) is 15.1. The first kappa shape index (κ1) is 41.5. The highest BCUT2D eigenvalue weighted by molar-refractivity contribution is 8.00. The van der Waals surface area contributed by atoms with E-state index in [0.29, 0.717) is 81.3 Å². The molecule has 0 aliphatic carbocycles. The number of thioether (sulfide) groups is 1. The van der Waals surface area contributed by atoms with Crippen LogP contribution in [0.25, 0.3) is 11.3 Å². The van der Waals surface area contributed by atoms with Gasteiger partial charge in [0, 0.05) is 112 Å². The van der Waals surface area contributed by atoms with Crippen LogP contribution in [0, 0.1) is 5.92 Å². The molecule has 2 aromatic rings. The molecular weight excluding hydrogens is 756 g/mol. The number of aryl methyl sites for hydroxylation is 1. The zero-order valence-corrected chi connectivity index (χ0v) is 33.8. The largest absolute Gasteiger partial charge is 0.417 e. The molecule has 3 fully saturated rings. The van der Waals surface area contributed by atoms with Gasteiger partial charge in [-0.25, -0.2) is 8.42 Å². The Hall–Kier alpha value is -3.15. The average molecular weight is 810 g/mol. The van der Waals surface area contributed by atoms with E-state index in [2.05, 4.69) is 4.90 Å². The number of alkyl halides is 3. The van der Waals surface area contributed by atoms with Crippen LogP contribution >= 0.6 is 11.8 Å². The minimum Gasteiger partial charge on any atom is -0.343 e. The summed E-state index contributed by atoms with van der Waals surface area (Å²) < 4.78 is 71.4. The number of fused-ring (bicyclic) bond motifs is 1. The average Bonchev–Trinajstić information content (AvgIpc) is 3.76. The molecule has 4 aliphatic heterocycles. The number of likely N-dealkylation sites (tertiary alicyclic amines) is 3. The predicted octanol–water partition coefficient (Wildman–Crippen LogP) is 4.56. The van der Waals surface area contributed by atoms with Gasteiger partial charge in [-0.15, -0.1) is 11.8 Å². The number of hydrogen-bond donors (Lipinski definition) is 0. The van der Waals surface area contributed by atoms with Crippen molar-refractivity contribution in [2.75, 3.05) is 70.9 Å². The third kappa shape index (κ3) is 9.70. The van der Waals surface area contributed by atoms with Crippen molar-refractivity contribution < 1.29 is 36.0 Å². The lowest BCUT2D eigenvalue weighted by Gasteiger charge is -2.36. The molecule has 55 heavy (non-hydrogen) atoms. The highest BCUT2D eigenvalue weighted by Gasteiger charge is 2.36. The van der Waals surface area contributed by atoms with Gasteiger partial charge < -0.3 is 19.6 Å². The number of hydrogen-bond acceptors (Lipinski definition) is 8. The van der Waals surface area contributed by atoms with Crippen molar-refractivity contribution in [2.45, 2.75) is 95.4 Å². The molecule has 3 saturated heterocycles. The monoisotopic (exact) mass is 809 g/mol. The van der Waals surface area contributed by atoms with E-state index >= 15 is 0 Å². The summed E-state index contributed by atoms with van der Waals surface area (Å²) in [7, 11) is -3.53. The summed E-state index contributed by atoms with van der Waals surface area (Å²) in [6.07, 6.45) is 2.23. The normalized spacial score (nSPS) is 19.6. The van der Waals surface area contributed by atoms with E-state index in [1.54, 1.807) is 9.80 Å². The van der Waals surface area contributed by atoms with E-state index in [1.165, 1.54) is 16.4 Å². The highest BCUT2D eigenvalue weighted by Crippen LogP contribution is 2.40. The number of benzene rings is 1. The fraction of sp³-hybridized carbons (Fsp3) is 0.684. The number of carbonyl (C=O) groups is 3. The lowest BCUT2D eigenvalue weighted by molar-refractivity contribution is -0.139. The van der Waals surface area contributed by atoms with Crippen molar-refractivity contribution in [1.29, 1.82) is 0 Å². The molecule has 0 radical (unpaired) electrons. The van der Waals surface area contributed by atoms with Gasteiger partial charge in [-0.05, 0) is 71.0 Å². The zero-order valence-electron chi connectivity index (χ0n) is 32.2. The Morgan fingerprint density at radius 2 is 1.67 bits per heavy atom. The van der Waals surface area contributed by atoms with E-state index in [1.807, 2.05) is 23.4 Å². The van der Waals surface area contributed by atoms with E-state index < -0.39 is 21.8 Å².